The number of thiophene rings is 1. The Labute approximate surface area is 107 Å². The van der Waals surface area contributed by atoms with E-state index in [2.05, 4.69) is 32.2 Å². The molecule has 0 saturated carbocycles. The summed E-state index contributed by atoms with van der Waals surface area (Å²) < 4.78 is 5.31. The van der Waals surface area contributed by atoms with Gasteiger partial charge in [-0.15, -0.1) is 11.3 Å². The zero-order valence-corrected chi connectivity index (χ0v) is 11.4. The lowest BCUT2D eigenvalue weighted by Gasteiger charge is -2.13. The molecular formula is C14H19NOS. The Morgan fingerprint density at radius 1 is 1.41 bits per heavy atom. The number of furan rings is 1. The molecule has 17 heavy (non-hydrogen) atoms. The van der Waals surface area contributed by atoms with Gasteiger partial charge in [0.1, 0.15) is 5.76 Å². The highest BCUT2D eigenvalue weighted by atomic mass is 32.1. The first-order chi connectivity index (χ1) is 8.16. The van der Waals surface area contributed by atoms with Crippen molar-refractivity contribution >= 4 is 11.3 Å². The van der Waals surface area contributed by atoms with Crippen LogP contribution in [0.25, 0.3) is 0 Å². The molecule has 0 aliphatic heterocycles. The van der Waals surface area contributed by atoms with Crippen LogP contribution in [0.15, 0.2) is 28.9 Å². The van der Waals surface area contributed by atoms with Crippen LogP contribution in [0.1, 0.15) is 34.0 Å². The highest BCUT2D eigenvalue weighted by molar-refractivity contribution is 7.12. The van der Waals surface area contributed by atoms with Crippen LogP contribution in [0.4, 0.5) is 0 Å². The highest BCUT2D eigenvalue weighted by Gasteiger charge is 2.10. The van der Waals surface area contributed by atoms with Gasteiger partial charge in [0, 0.05) is 28.8 Å². The fourth-order valence-corrected chi connectivity index (χ4v) is 3.08. The summed E-state index contributed by atoms with van der Waals surface area (Å²) in [7, 11) is 0. The maximum atomic E-state index is 5.31. The van der Waals surface area contributed by atoms with Crippen LogP contribution < -0.4 is 5.32 Å². The Morgan fingerprint density at radius 3 is 2.82 bits per heavy atom. The van der Waals surface area contributed by atoms with Gasteiger partial charge in [-0.25, -0.2) is 0 Å². The monoisotopic (exact) mass is 249 g/mol. The maximum Gasteiger partial charge on any atom is 0.105 e. The van der Waals surface area contributed by atoms with Crippen molar-refractivity contribution in [3.63, 3.8) is 0 Å². The lowest BCUT2D eigenvalue weighted by Crippen LogP contribution is -2.21. The first-order valence-electron chi connectivity index (χ1n) is 5.99. The van der Waals surface area contributed by atoms with E-state index in [1.807, 2.05) is 23.5 Å². The molecule has 0 fully saturated rings. The van der Waals surface area contributed by atoms with Crippen LogP contribution in [0.2, 0.25) is 0 Å². The van der Waals surface area contributed by atoms with Gasteiger partial charge in [-0.3, -0.25) is 0 Å². The van der Waals surface area contributed by atoms with Crippen molar-refractivity contribution in [3.05, 3.63) is 45.5 Å². The van der Waals surface area contributed by atoms with Crippen molar-refractivity contribution in [2.45, 2.75) is 33.2 Å². The Balaban J connectivity index is 1.85. The van der Waals surface area contributed by atoms with Gasteiger partial charge in [-0.1, -0.05) is 0 Å². The van der Waals surface area contributed by atoms with Gasteiger partial charge >= 0.3 is 0 Å². The molecule has 1 atom stereocenters. The molecule has 0 aliphatic carbocycles. The minimum absolute atomic E-state index is 0.412. The van der Waals surface area contributed by atoms with Crippen LogP contribution >= 0.6 is 11.3 Å². The van der Waals surface area contributed by atoms with Crippen LogP contribution in [0.3, 0.4) is 0 Å². The minimum Gasteiger partial charge on any atom is -0.469 e. The molecule has 0 saturated heterocycles. The third-order valence-corrected chi connectivity index (χ3v) is 3.93. The van der Waals surface area contributed by atoms with Gasteiger partial charge in [0.05, 0.1) is 6.26 Å². The minimum atomic E-state index is 0.412. The van der Waals surface area contributed by atoms with E-state index in [4.69, 9.17) is 4.42 Å². The molecule has 3 heteroatoms. The quantitative estimate of drug-likeness (QED) is 0.870. The summed E-state index contributed by atoms with van der Waals surface area (Å²) >= 11 is 1.87. The number of hydrogen-bond donors (Lipinski definition) is 1. The SMILES string of the molecule is Cc1cc(C(C)NCCc2ccco2)c(C)s1. The van der Waals surface area contributed by atoms with E-state index in [1.165, 1.54) is 15.3 Å². The summed E-state index contributed by atoms with van der Waals surface area (Å²) in [4.78, 5) is 2.80. The molecule has 0 bridgehead atoms. The molecule has 1 unspecified atom stereocenters. The molecule has 2 aromatic rings. The number of rotatable bonds is 5. The highest BCUT2D eigenvalue weighted by Crippen LogP contribution is 2.25. The van der Waals surface area contributed by atoms with Crippen molar-refractivity contribution in [2.75, 3.05) is 6.54 Å². The Hall–Kier alpha value is -1.06. The first kappa shape index (κ1) is 12.4. The van der Waals surface area contributed by atoms with Crippen molar-refractivity contribution in [1.29, 1.82) is 0 Å². The average molecular weight is 249 g/mol. The summed E-state index contributed by atoms with van der Waals surface area (Å²) in [5.41, 5.74) is 1.42. The molecule has 0 aliphatic rings. The summed E-state index contributed by atoms with van der Waals surface area (Å²) in [6, 6.07) is 6.65. The lowest BCUT2D eigenvalue weighted by molar-refractivity contribution is 0.486. The summed E-state index contributed by atoms with van der Waals surface area (Å²) in [6.45, 7) is 7.52. The first-order valence-corrected chi connectivity index (χ1v) is 6.81. The second-order valence-electron chi connectivity index (χ2n) is 4.37. The fraction of sp³-hybridized carbons (Fsp3) is 0.429. The number of nitrogens with one attached hydrogen (secondary N) is 1. The predicted molar refractivity (Wildman–Crippen MR) is 72.6 cm³/mol. The molecule has 0 spiro atoms. The van der Waals surface area contributed by atoms with E-state index < -0.39 is 0 Å². The number of aryl methyl sites for hydroxylation is 2. The molecule has 2 nitrogen and oxygen atoms in total. The maximum absolute atomic E-state index is 5.31. The van der Waals surface area contributed by atoms with E-state index >= 15 is 0 Å². The lowest BCUT2D eigenvalue weighted by atomic mass is 10.1. The van der Waals surface area contributed by atoms with Crippen molar-refractivity contribution in [1.82, 2.24) is 5.32 Å². The molecule has 2 rings (SSSR count). The van der Waals surface area contributed by atoms with E-state index in [0.29, 0.717) is 6.04 Å². The Morgan fingerprint density at radius 2 is 2.24 bits per heavy atom. The zero-order valence-electron chi connectivity index (χ0n) is 10.6. The van der Waals surface area contributed by atoms with Gasteiger partial charge in [0.2, 0.25) is 0 Å². The average Bonchev–Trinajstić information content (AvgIpc) is 2.88. The fourth-order valence-electron chi connectivity index (χ4n) is 2.06. The van der Waals surface area contributed by atoms with Gasteiger partial charge in [-0.05, 0) is 44.5 Å². The van der Waals surface area contributed by atoms with E-state index in [0.717, 1.165) is 18.7 Å². The summed E-state index contributed by atoms with van der Waals surface area (Å²) in [5.74, 6) is 1.04. The molecule has 0 amide bonds. The Bertz CT molecular complexity index is 459. The van der Waals surface area contributed by atoms with Crippen LogP contribution in [-0.4, -0.2) is 6.54 Å². The van der Waals surface area contributed by atoms with Gasteiger partial charge in [-0.2, -0.15) is 0 Å². The third kappa shape index (κ3) is 3.20. The van der Waals surface area contributed by atoms with Gasteiger partial charge in [0.15, 0.2) is 0 Å². The Kier molecular flexibility index (Phi) is 4.02. The van der Waals surface area contributed by atoms with E-state index in [-0.39, 0.29) is 0 Å². The third-order valence-electron chi connectivity index (χ3n) is 2.95. The smallest absolute Gasteiger partial charge is 0.105 e. The molecular weight excluding hydrogens is 230 g/mol. The van der Waals surface area contributed by atoms with Crippen molar-refractivity contribution in [3.8, 4) is 0 Å². The van der Waals surface area contributed by atoms with Gasteiger partial charge < -0.3 is 9.73 Å². The predicted octanol–water partition coefficient (Wildman–Crippen LogP) is 3.85. The standard InChI is InChI=1S/C14H19NOS/c1-10-9-14(12(3)17-10)11(2)15-7-6-13-5-4-8-16-13/h4-5,8-9,11,15H,6-7H2,1-3H3. The van der Waals surface area contributed by atoms with Crippen molar-refractivity contribution in [2.24, 2.45) is 0 Å². The topological polar surface area (TPSA) is 25.2 Å². The van der Waals surface area contributed by atoms with E-state index in [1.54, 1.807) is 6.26 Å². The molecule has 1 N–H and O–H groups in total. The molecule has 0 aromatic carbocycles. The summed E-state index contributed by atoms with van der Waals surface area (Å²) in [5, 5.41) is 3.54. The molecule has 92 valence electrons. The molecule has 2 aromatic heterocycles. The molecule has 2 heterocycles. The normalized spacial score (nSPS) is 12.9. The summed E-state index contributed by atoms with van der Waals surface area (Å²) in [6.07, 6.45) is 2.67. The second-order valence-corrected chi connectivity index (χ2v) is 5.83. The van der Waals surface area contributed by atoms with Crippen LogP contribution in [0, 0.1) is 13.8 Å². The zero-order chi connectivity index (χ0) is 12.3. The van der Waals surface area contributed by atoms with Crippen molar-refractivity contribution < 1.29 is 4.42 Å². The largest absolute Gasteiger partial charge is 0.469 e. The van der Waals surface area contributed by atoms with Crippen LogP contribution in [0.5, 0.6) is 0 Å². The van der Waals surface area contributed by atoms with Crippen LogP contribution in [-0.2, 0) is 6.42 Å². The van der Waals surface area contributed by atoms with Gasteiger partial charge in [0.25, 0.3) is 0 Å². The second kappa shape index (κ2) is 5.52. The number of hydrogen-bond acceptors (Lipinski definition) is 3. The molecule has 0 radical (unpaired) electrons. The van der Waals surface area contributed by atoms with E-state index in [9.17, 15) is 0 Å².